The SMILES string of the molecule is NC(=S)c1ccc(Nc2ccc(Cl)c(Cl)c2)cc1Br. The lowest BCUT2D eigenvalue weighted by atomic mass is 10.2. The van der Waals surface area contributed by atoms with Gasteiger partial charge < -0.3 is 11.1 Å². The summed E-state index contributed by atoms with van der Waals surface area (Å²) >= 11 is 20.2. The highest BCUT2D eigenvalue weighted by atomic mass is 79.9. The van der Waals surface area contributed by atoms with E-state index in [1.54, 1.807) is 12.1 Å². The van der Waals surface area contributed by atoms with Gasteiger partial charge in [0.25, 0.3) is 0 Å². The standard InChI is InChI=1S/C13H9BrCl2N2S/c14-10-5-7(1-3-9(10)13(17)19)18-8-2-4-11(15)12(16)6-8/h1-6,18H,(H2,17,19). The number of benzene rings is 2. The number of thiocarbonyl (C=S) groups is 1. The number of anilines is 2. The molecule has 0 aliphatic heterocycles. The summed E-state index contributed by atoms with van der Waals surface area (Å²) in [6.07, 6.45) is 0. The van der Waals surface area contributed by atoms with Gasteiger partial charge in [-0.15, -0.1) is 0 Å². The number of hydrogen-bond donors (Lipinski definition) is 2. The van der Waals surface area contributed by atoms with E-state index >= 15 is 0 Å². The van der Waals surface area contributed by atoms with Gasteiger partial charge in [-0.3, -0.25) is 0 Å². The third-order valence-corrected chi connectivity index (χ3v) is 4.06. The Balaban J connectivity index is 2.26. The molecule has 98 valence electrons. The first-order valence-electron chi connectivity index (χ1n) is 5.29. The molecule has 0 aliphatic rings. The van der Waals surface area contributed by atoms with Crippen LogP contribution in [0, 0.1) is 0 Å². The van der Waals surface area contributed by atoms with Gasteiger partial charge in [0.2, 0.25) is 0 Å². The molecule has 0 bridgehead atoms. The van der Waals surface area contributed by atoms with Crippen molar-refractivity contribution in [3.05, 3.63) is 56.5 Å². The lowest BCUT2D eigenvalue weighted by molar-refractivity contribution is 1.51. The van der Waals surface area contributed by atoms with Gasteiger partial charge in [-0.2, -0.15) is 0 Å². The molecular weight excluding hydrogens is 367 g/mol. The summed E-state index contributed by atoms with van der Waals surface area (Å²) in [5.74, 6) is 0. The van der Waals surface area contributed by atoms with Gasteiger partial charge in [-0.25, -0.2) is 0 Å². The highest BCUT2D eigenvalue weighted by molar-refractivity contribution is 9.10. The Bertz CT molecular complexity index is 647. The zero-order valence-corrected chi connectivity index (χ0v) is 13.5. The number of hydrogen-bond acceptors (Lipinski definition) is 2. The van der Waals surface area contributed by atoms with Crippen molar-refractivity contribution in [2.75, 3.05) is 5.32 Å². The molecule has 0 fully saturated rings. The number of rotatable bonds is 3. The van der Waals surface area contributed by atoms with Gasteiger partial charge in [0.15, 0.2) is 0 Å². The molecule has 2 aromatic rings. The molecule has 2 nitrogen and oxygen atoms in total. The average Bonchev–Trinajstić information content (AvgIpc) is 2.33. The molecule has 0 radical (unpaired) electrons. The summed E-state index contributed by atoms with van der Waals surface area (Å²) in [4.78, 5) is 0.355. The Labute approximate surface area is 135 Å². The second-order valence-electron chi connectivity index (χ2n) is 3.81. The Hall–Kier alpha value is -0.810. The van der Waals surface area contributed by atoms with Crippen molar-refractivity contribution in [2.24, 2.45) is 5.73 Å². The third kappa shape index (κ3) is 3.60. The second kappa shape index (κ2) is 6.09. The van der Waals surface area contributed by atoms with E-state index < -0.39 is 0 Å². The third-order valence-electron chi connectivity index (χ3n) is 2.44. The monoisotopic (exact) mass is 374 g/mol. The molecule has 2 aromatic carbocycles. The quantitative estimate of drug-likeness (QED) is 0.730. The van der Waals surface area contributed by atoms with E-state index in [2.05, 4.69) is 21.2 Å². The van der Waals surface area contributed by atoms with E-state index in [4.69, 9.17) is 41.2 Å². The first-order chi connectivity index (χ1) is 8.97. The predicted molar refractivity (Wildman–Crippen MR) is 89.8 cm³/mol. The summed E-state index contributed by atoms with van der Waals surface area (Å²) in [7, 11) is 0. The van der Waals surface area contributed by atoms with Crippen molar-refractivity contribution < 1.29 is 0 Å². The van der Waals surface area contributed by atoms with Crippen molar-refractivity contribution in [1.82, 2.24) is 0 Å². The van der Waals surface area contributed by atoms with Crippen LogP contribution in [0.15, 0.2) is 40.9 Å². The average molecular weight is 376 g/mol. The normalized spacial score (nSPS) is 10.3. The van der Waals surface area contributed by atoms with Crippen LogP contribution in [-0.4, -0.2) is 4.99 Å². The first-order valence-corrected chi connectivity index (χ1v) is 7.24. The molecule has 0 saturated carbocycles. The fraction of sp³-hybridized carbons (Fsp3) is 0. The van der Waals surface area contributed by atoms with Gasteiger partial charge in [0.1, 0.15) is 4.99 Å². The topological polar surface area (TPSA) is 38.0 Å². The fourth-order valence-corrected chi connectivity index (χ4v) is 2.73. The Kier molecular flexibility index (Phi) is 4.68. The highest BCUT2D eigenvalue weighted by Gasteiger charge is 2.05. The van der Waals surface area contributed by atoms with Crippen molar-refractivity contribution in [2.45, 2.75) is 0 Å². The van der Waals surface area contributed by atoms with Crippen LogP contribution < -0.4 is 11.1 Å². The maximum atomic E-state index is 5.96. The van der Waals surface area contributed by atoms with Crippen molar-refractivity contribution in [3.63, 3.8) is 0 Å². The van der Waals surface area contributed by atoms with Gasteiger partial charge in [-0.1, -0.05) is 35.4 Å². The van der Waals surface area contributed by atoms with Crippen LogP contribution in [0.1, 0.15) is 5.56 Å². The molecule has 2 rings (SSSR count). The minimum Gasteiger partial charge on any atom is -0.389 e. The molecule has 6 heteroatoms. The molecule has 0 spiro atoms. The molecule has 0 unspecified atom stereocenters. The molecular formula is C13H9BrCl2N2S. The molecule has 0 saturated heterocycles. The molecule has 0 aromatic heterocycles. The zero-order valence-electron chi connectivity index (χ0n) is 9.58. The summed E-state index contributed by atoms with van der Waals surface area (Å²) in [6.45, 7) is 0. The van der Waals surface area contributed by atoms with Crippen LogP contribution >= 0.6 is 51.3 Å². The number of nitrogens with one attached hydrogen (secondary N) is 1. The number of nitrogens with two attached hydrogens (primary N) is 1. The van der Waals surface area contributed by atoms with Crippen LogP contribution in [0.5, 0.6) is 0 Å². The Morgan fingerprint density at radius 3 is 2.26 bits per heavy atom. The van der Waals surface area contributed by atoms with Crippen LogP contribution in [0.25, 0.3) is 0 Å². The molecule has 0 aliphatic carbocycles. The van der Waals surface area contributed by atoms with Crippen molar-refractivity contribution >= 4 is 67.7 Å². The van der Waals surface area contributed by atoms with Crippen molar-refractivity contribution in [1.29, 1.82) is 0 Å². The van der Waals surface area contributed by atoms with E-state index in [0.29, 0.717) is 15.0 Å². The molecule has 0 atom stereocenters. The maximum Gasteiger partial charge on any atom is 0.105 e. The second-order valence-corrected chi connectivity index (χ2v) is 5.92. The summed E-state index contributed by atoms with van der Waals surface area (Å²) in [6, 6.07) is 11.0. The van der Waals surface area contributed by atoms with Crippen LogP contribution in [0.3, 0.4) is 0 Å². The minimum atomic E-state index is 0.355. The van der Waals surface area contributed by atoms with E-state index in [1.807, 2.05) is 24.3 Å². The van der Waals surface area contributed by atoms with Gasteiger partial charge in [-0.05, 0) is 52.3 Å². The van der Waals surface area contributed by atoms with Crippen molar-refractivity contribution in [3.8, 4) is 0 Å². The van der Waals surface area contributed by atoms with Crippen LogP contribution in [-0.2, 0) is 0 Å². The molecule has 19 heavy (non-hydrogen) atoms. The summed E-state index contributed by atoms with van der Waals surface area (Å²) < 4.78 is 0.838. The van der Waals surface area contributed by atoms with Gasteiger partial charge in [0.05, 0.1) is 10.0 Å². The van der Waals surface area contributed by atoms with Crippen LogP contribution in [0.4, 0.5) is 11.4 Å². The zero-order chi connectivity index (χ0) is 14.0. The molecule has 0 heterocycles. The predicted octanol–water partition coefficient (Wildman–Crippen LogP) is 5.13. The smallest absolute Gasteiger partial charge is 0.105 e. The van der Waals surface area contributed by atoms with Crippen LogP contribution in [0.2, 0.25) is 10.0 Å². The largest absolute Gasteiger partial charge is 0.389 e. The fourth-order valence-electron chi connectivity index (χ4n) is 1.53. The van der Waals surface area contributed by atoms with Gasteiger partial charge in [0, 0.05) is 21.4 Å². The minimum absolute atomic E-state index is 0.355. The van der Waals surface area contributed by atoms with E-state index in [0.717, 1.165) is 21.4 Å². The number of halogens is 3. The lowest BCUT2D eigenvalue weighted by Gasteiger charge is -2.10. The summed E-state index contributed by atoms with van der Waals surface area (Å²) in [5.41, 5.74) is 8.15. The molecule has 0 amide bonds. The maximum absolute atomic E-state index is 5.96. The van der Waals surface area contributed by atoms with E-state index in [1.165, 1.54) is 0 Å². The Morgan fingerprint density at radius 1 is 1.05 bits per heavy atom. The summed E-state index contributed by atoms with van der Waals surface area (Å²) in [5, 5.41) is 4.25. The van der Waals surface area contributed by atoms with E-state index in [-0.39, 0.29) is 0 Å². The lowest BCUT2D eigenvalue weighted by Crippen LogP contribution is -2.10. The molecule has 3 N–H and O–H groups in total. The highest BCUT2D eigenvalue weighted by Crippen LogP contribution is 2.28. The van der Waals surface area contributed by atoms with Gasteiger partial charge >= 0.3 is 0 Å². The first kappa shape index (κ1) is 14.6. The Morgan fingerprint density at radius 2 is 1.68 bits per heavy atom. The van der Waals surface area contributed by atoms with E-state index in [9.17, 15) is 0 Å².